The smallest absolute Gasteiger partial charge is 0.311 e. The van der Waals surface area contributed by atoms with Gasteiger partial charge in [0.1, 0.15) is 11.4 Å². The Balaban J connectivity index is 2.07. The molecular weight excluding hydrogens is 374 g/mol. The van der Waals surface area contributed by atoms with Gasteiger partial charge in [-0.1, -0.05) is 77.6 Å². The molecule has 0 aromatic carbocycles. The highest BCUT2D eigenvalue weighted by Gasteiger charge is 2.36. The van der Waals surface area contributed by atoms with Crippen LogP contribution >= 0.6 is 0 Å². The minimum atomic E-state index is -0.460. The van der Waals surface area contributed by atoms with Crippen molar-refractivity contribution in [1.82, 2.24) is 5.32 Å². The van der Waals surface area contributed by atoms with Gasteiger partial charge in [-0.15, -0.1) is 0 Å². The number of ketones is 1. The number of carbonyl (C=O) groups excluding carboxylic acids is 2. The summed E-state index contributed by atoms with van der Waals surface area (Å²) in [7, 11) is 0. The first-order valence-electron chi connectivity index (χ1n) is 12.8. The molecule has 1 fully saturated rings. The fourth-order valence-corrected chi connectivity index (χ4v) is 4.38. The van der Waals surface area contributed by atoms with Crippen LogP contribution in [0.25, 0.3) is 0 Å². The van der Waals surface area contributed by atoms with E-state index in [-0.39, 0.29) is 24.0 Å². The van der Waals surface area contributed by atoms with E-state index in [9.17, 15) is 9.59 Å². The van der Waals surface area contributed by atoms with Gasteiger partial charge in [0.15, 0.2) is 0 Å². The second-order valence-electron chi connectivity index (χ2n) is 10.3. The van der Waals surface area contributed by atoms with Crippen LogP contribution in [0.1, 0.15) is 131 Å². The average molecular weight is 424 g/mol. The number of hydrogen-bond donors (Lipinski definition) is 1. The summed E-state index contributed by atoms with van der Waals surface area (Å²) >= 11 is 0. The number of carbonyl (C=O) groups is 2. The molecule has 1 heterocycles. The molecule has 1 saturated heterocycles. The average Bonchev–Trinajstić information content (AvgIpc) is 2.67. The Morgan fingerprint density at radius 1 is 0.833 bits per heavy atom. The molecule has 1 N–H and O–H groups in total. The highest BCUT2D eigenvalue weighted by atomic mass is 16.6. The fourth-order valence-electron chi connectivity index (χ4n) is 4.38. The number of rotatable bonds is 15. The van der Waals surface area contributed by atoms with Crippen molar-refractivity contribution in [3.05, 3.63) is 0 Å². The summed E-state index contributed by atoms with van der Waals surface area (Å²) in [6, 6.07) is -0.101. The minimum Gasteiger partial charge on any atom is -0.460 e. The largest absolute Gasteiger partial charge is 0.460 e. The Hall–Kier alpha value is -0.900. The van der Waals surface area contributed by atoms with Crippen LogP contribution in [0, 0.1) is 5.92 Å². The minimum absolute atomic E-state index is 0.00970. The van der Waals surface area contributed by atoms with Crippen LogP contribution in [-0.4, -0.2) is 29.4 Å². The maximum absolute atomic E-state index is 12.6. The van der Waals surface area contributed by atoms with Crippen LogP contribution in [0.3, 0.4) is 0 Å². The molecule has 176 valence electrons. The van der Waals surface area contributed by atoms with Gasteiger partial charge in [-0.2, -0.15) is 0 Å². The van der Waals surface area contributed by atoms with E-state index in [1.54, 1.807) is 0 Å². The quantitative estimate of drug-likeness (QED) is 0.234. The zero-order valence-electron chi connectivity index (χ0n) is 20.6. The lowest BCUT2D eigenvalue weighted by atomic mass is 9.86. The lowest BCUT2D eigenvalue weighted by Gasteiger charge is -2.35. The van der Waals surface area contributed by atoms with Crippen molar-refractivity contribution in [3.63, 3.8) is 0 Å². The Morgan fingerprint density at radius 2 is 1.33 bits per heavy atom. The third-order valence-corrected chi connectivity index (χ3v) is 6.21. The van der Waals surface area contributed by atoms with Gasteiger partial charge in [-0.3, -0.25) is 9.59 Å². The highest BCUT2D eigenvalue weighted by molar-refractivity contribution is 5.84. The zero-order chi connectivity index (χ0) is 22.4. The maximum atomic E-state index is 12.6. The van der Waals surface area contributed by atoms with Crippen molar-refractivity contribution in [2.75, 3.05) is 0 Å². The second kappa shape index (κ2) is 15.0. The highest BCUT2D eigenvalue weighted by Crippen LogP contribution is 2.25. The van der Waals surface area contributed by atoms with Crippen LogP contribution in [0.5, 0.6) is 0 Å². The molecule has 0 bridgehead atoms. The fraction of sp³-hybridized carbons (Fsp3) is 0.923. The molecular formula is C26H49NO3. The standard InChI is InChI=1S/C26H49NO3/c1-6-7-8-9-10-11-12-13-14-15-16-17-18-24(28)23-20-19-22(21(2)27-23)25(29)30-26(3,4)5/h21-23,27H,6-20H2,1-5H3. The van der Waals surface area contributed by atoms with Crippen LogP contribution in [0.15, 0.2) is 0 Å². The van der Waals surface area contributed by atoms with Gasteiger partial charge < -0.3 is 10.1 Å². The molecule has 4 heteroatoms. The molecule has 0 amide bonds. The van der Waals surface area contributed by atoms with Gasteiger partial charge in [0.25, 0.3) is 0 Å². The predicted molar refractivity (Wildman–Crippen MR) is 126 cm³/mol. The van der Waals surface area contributed by atoms with Crippen molar-refractivity contribution in [2.45, 2.75) is 149 Å². The first-order valence-corrected chi connectivity index (χ1v) is 12.8. The molecule has 30 heavy (non-hydrogen) atoms. The maximum Gasteiger partial charge on any atom is 0.311 e. The van der Waals surface area contributed by atoms with E-state index < -0.39 is 5.60 Å². The Kier molecular flexibility index (Phi) is 13.6. The van der Waals surface area contributed by atoms with E-state index in [0.29, 0.717) is 12.2 Å². The van der Waals surface area contributed by atoms with E-state index >= 15 is 0 Å². The molecule has 0 aromatic rings. The molecule has 3 atom stereocenters. The molecule has 1 aliphatic heterocycles. The monoisotopic (exact) mass is 423 g/mol. The first kappa shape index (κ1) is 27.1. The second-order valence-corrected chi connectivity index (χ2v) is 10.3. The Labute approximate surface area is 186 Å². The summed E-state index contributed by atoms with van der Waals surface area (Å²) < 4.78 is 5.53. The third-order valence-electron chi connectivity index (χ3n) is 6.21. The van der Waals surface area contributed by atoms with Crippen LogP contribution in [0.2, 0.25) is 0 Å². The van der Waals surface area contributed by atoms with Crippen molar-refractivity contribution in [3.8, 4) is 0 Å². The number of piperidine rings is 1. The molecule has 1 rings (SSSR count). The number of Topliss-reactive ketones (excluding diaryl/α,β-unsaturated/α-hetero) is 1. The molecule has 4 nitrogen and oxygen atoms in total. The van der Waals surface area contributed by atoms with Crippen LogP contribution in [0.4, 0.5) is 0 Å². The Bertz CT molecular complexity index is 483. The van der Waals surface area contributed by atoms with Crippen molar-refractivity contribution in [1.29, 1.82) is 0 Å². The van der Waals surface area contributed by atoms with Gasteiger partial charge in [0.2, 0.25) is 0 Å². The van der Waals surface area contributed by atoms with Gasteiger partial charge in [0, 0.05) is 12.5 Å². The summed E-state index contributed by atoms with van der Waals surface area (Å²) in [5, 5.41) is 3.38. The summed E-state index contributed by atoms with van der Waals surface area (Å²) in [6.45, 7) is 9.95. The molecule has 0 radical (unpaired) electrons. The van der Waals surface area contributed by atoms with Gasteiger partial charge >= 0.3 is 5.97 Å². The lowest BCUT2D eigenvalue weighted by Crippen LogP contribution is -2.52. The molecule has 0 spiro atoms. The molecule has 0 aromatic heterocycles. The van der Waals surface area contributed by atoms with Crippen molar-refractivity contribution < 1.29 is 14.3 Å². The number of esters is 1. The topological polar surface area (TPSA) is 55.4 Å². The number of unbranched alkanes of at least 4 members (excludes halogenated alkanes) is 11. The molecule has 0 aliphatic carbocycles. The Morgan fingerprint density at radius 3 is 1.80 bits per heavy atom. The summed E-state index contributed by atoms with van der Waals surface area (Å²) in [5.41, 5.74) is -0.460. The van der Waals surface area contributed by atoms with Crippen LogP contribution < -0.4 is 5.32 Å². The number of hydrogen-bond acceptors (Lipinski definition) is 4. The predicted octanol–water partition coefficient (Wildman–Crippen LogP) is 6.75. The summed E-state index contributed by atoms with van der Waals surface area (Å²) in [6.07, 6.45) is 17.9. The van der Waals surface area contributed by atoms with E-state index in [1.807, 2.05) is 27.7 Å². The van der Waals surface area contributed by atoms with Gasteiger partial charge in [-0.05, 0) is 47.0 Å². The number of ether oxygens (including phenoxy) is 1. The molecule has 3 unspecified atom stereocenters. The first-order chi connectivity index (χ1) is 14.2. The summed E-state index contributed by atoms with van der Waals surface area (Å²) in [4.78, 5) is 24.9. The van der Waals surface area contributed by atoms with E-state index in [0.717, 1.165) is 25.7 Å². The zero-order valence-corrected chi connectivity index (χ0v) is 20.6. The molecule has 1 aliphatic rings. The molecule has 0 saturated carbocycles. The van der Waals surface area contributed by atoms with Crippen LogP contribution in [-0.2, 0) is 14.3 Å². The van der Waals surface area contributed by atoms with E-state index in [4.69, 9.17) is 4.74 Å². The van der Waals surface area contributed by atoms with Gasteiger partial charge in [-0.25, -0.2) is 0 Å². The summed E-state index contributed by atoms with van der Waals surface area (Å²) in [5.74, 6) is 0.0193. The lowest BCUT2D eigenvalue weighted by molar-refractivity contribution is -0.162. The van der Waals surface area contributed by atoms with E-state index in [1.165, 1.54) is 64.2 Å². The third kappa shape index (κ3) is 12.1. The van der Waals surface area contributed by atoms with Crippen molar-refractivity contribution >= 4 is 11.8 Å². The van der Waals surface area contributed by atoms with Crippen molar-refractivity contribution in [2.24, 2.45) is 5.92 Å². The van der Waals surface area contributed by atoms with E-state index in [2.05, 4.69) is 12.2 Å². The normalized spacial score (nSPS) is 22.1. The SMILES string of the molecule is CCCCCCCCCCCCCCC(=O)C1CCC(C(=O)OC(C)(C)C)C(C)N1. The van der Waals surface area contributed by atoms with Gasteiger partial charge in [0.05, 0.1) is 12.0 Å². The number of nitrogens with one attached hydrogen (secondary N) is 1.